The molecule has 4 fully saturated rings. The number of imidazole rings is 2. The third-order valence-corrected chi connectivity index (χ3v) is 12.5. The average molecular weight is 732 g/mol. The molecule has 4 aliphatic heterocycles. The number of nitrogens with one attached hydrogen (secondary N) is 1. The summed E-state index contributed by atoms with van der Waals surface area (Å²) in [4.78, 5) is 53.9. The molecule has 10 atom stereocenters. The van der Waals surface area contributed by atoms with Gasteiger partial charge in [0.05, 0.1) is 49.5 Å². The van der Waals surface area contributed by atoms with Gasteiger partial charge in [0.15, 0.2) is 23.0 Å². The highest BCUT2D eigenvalue weighted by Crippen LogP contribution is 2.57. The maximum Gasteiger partial charge on any atom is 0.353 e. The number of aromatic nitrogens is 7. The molecule has 252 valence electrons. The quantitative estimate of drug-likeness (QED) is 0.142. The first-order valence-electron chi connectivity index (χ1n) is 14.0. The molecule has 4 saturated heterocycles. The minimum atomic E-state index is -4.43. The van der Waals surface area contributed by atoms with Crippen molar-refractivity contribution < 1.29 is 47.2 Å². The minimum Gasteiger partial charge on any atom is -0.397 e. The first-order chi connectivity index (χ1) is 22.3. The maximum absolute atomic E-state index is 13.2. The van der Waals surface area contributed by atoms with Crippen LogP contribution in [0.15, 0.2) is 29.7 Å². The Morgan fingerprint density at radius 2 is 1.85 bits per heavy atom. The SMILES string of the molecule is Nc1nc2c(ncn2[C@@H]2S[C@@H]3COP(=O)(O)CO[C@H]4[C@H]5OC[C@]4(COP(O)(=S)O[C@@H]2[C@@H]3O)O[C@H]5n2cnc3c(N)ccnc32)c(=O)[nH]1. The van der Waals surface area contributed by atoms with Crippen molar-refractivity contribution in [1.82, 2.24) is 34.1 Å². The van der Waals surface area contributed by atoms with Crippen LogP contribution >= 0.6 is 26.1 Å². The summed E-state index contributed by atoms with van der Waals surface area (Å²) in [5.41, 5.74) is 11.1. The number of fused-ring (bicyclic) bond motifs is 4. The van der Waals surface area contributed by atoms with Crippen LogP contribution in [-0.4, -0.2) is 110 Å². The summed E-state index contributed by atoms with van der Waals surface area (Å²) in [6.07, 6.45) is -1.88. The molecule has 0 aliphatic carbocycles. The lowest BCUT2D eigenvalue weighted by molar-refractivity contribution is -0.184. The molecular weight excluding hydrogens is 704 g/mol. The largest absolute Gasteiger partial charge is 0.397 e. The number of hydrogen-bond donors (Lipinski definition) is 6. The molecule has 20 nitrogen and oxygen atoms in total. The summed E-state index contributed by atoms with van der Waals surface area (Å²) >= 11 is 6.47. The first kappa shape index (κ1) is 31.7. The van der Waals surface area contributed by atoms with Gasteiger partial charge in [0, 0.05) is 6.20 Å². The van der Waals surface area contributed by atoms with Gasteiger partial charge in [-0.1, -0.05) is 0 Å². The number of aliphatic hydroxyl groups excluding tert-OH is 1. The number of hydrogen-bond acceptors (Lipinski definition) is 17. The third-order valence-electron chi connectivity index (χ3n) is 8.36. The van der Waals surface area contributed by atoms with Gasteiger partial charge in [-0.25, -0.2) is 15.0 Å². The molecule has 0 aromatic carbocycles. The van der Waals surface area contributed by atoms with Gasteiger partial charge in [-0.15, -0.1) is 11.8 Å². The van der Waals surface area contributed by atoms with Gasteiger partial charge in [0.1, 0.15) is 41.2 Å². The number of ether oxygens (including phenoxy) is 3. The van der Waals surface area contributed by atoms with Gasteiger partial charge in [0.2, 0.25) is 5.95 Å². The molecule has 4 aromatic rings. The van der Waals surface area contributed by atoms with E-state index >= 15 is 0 Å². The van der Waals surface area contributed by atoms with Crippen molar-refractivity contribution in [3.8, 4) is 0 Å². The molecular formula is C23H27N9O11P2S2. The van der Waals surface area contributed by atoms with Crippen LogP contribution in [0.1, 0.15) is 11.6 Å². The van der Waals surface area contributed by atoms with Crippen molar-refractivity contribution in [2.75, 3.05) is 37.6 Å². The molecule has 8 heterocycles. The molecule has 0 amide bonds. The number of aromatic amines is 1. The van der Waals surface area contributed by atoms with Gasteiger partial charge in [-0.3, -0.25) is 28.0 Å². The van der Waals surface area contributed by atoms with Crippen LogP contribution in [0.4, 0.5) is 11.6 Å². The number of nitrogen functional groups attached to an aromatic ring is 2. The predicted molar refractivity (Wildman–Crippen MR) is 166 cm³/mol. The standard InChI is InChI=1S/C23H27N9O11P2S2/c24-9-1-2-26-17-11(9)27-6-31(17)20-15-16-23(42-20,4-38-15)5-41-45(37,46)43-14-13(33)10(3-40-44(35,36)8-39-16)47-21(14)32-7-28-12-18(32)29-22(25)30-19(12)34/h1-2,6-7,10,13-16,20-21,33H,3-5,8H2,(H2,24,26)(H,35,36)(H,37,46)(H3,25,29,30,34)/t10-,13-,14-,15-,16+,20-,21-,23-,45?/m1/s1. The number of nitrogens with zero attached hydrogens (tertiary/aromatic N) is 6. The molecule has 4 aliphatic rings. The topological polar surface area (TPSA) is 279 Å². The van der Waals surface area contributed by atoms with Gasteiger partial charge >= 0.3 is 14.3 Å². The molecule has 8 N–H and O–H groups in total. The fourth-order valence-corrected chi connectivity index (χ4v) is 10.1. The molecule has 0 saturated carbocycles. The Balaban J connectivity index is 1.13. The lowest BCUT2D eigenvalue weighted by atomic mass is 10.0. The Bertz CT molecular complexity index is 2050. The fourth-order valence-electron chi connectivity index (χ4n) is 6.21. The van der Waals surface area contributed by atoms with Crippen LogP contribution in [0, 0.1) is 0 Å². The van der Waals surface area contributed by atoms with E-state index in [1.165, 1.54) is 23.4 Å². The van der Waals surface area contributed by atoms with Crippen LogP contribution in [0.2, 0.25) is 0 Å². The smallest absolute Gasteiger partial charge is 0.353 e. The van der Waals surface area contributed by atoms with Crippen molar-refractivity contribution in [3.63, 3.8) is 0 Å². The van der Waals surface area contributed by atoms with Crippen molar-refractivity contribution in [2.45, 2.75) is 46.9 Å². The van der Waals surface area contributed by atoms with E-state index < -0.39 is 86.3 Å². The molecule has 2 unspecified atom stereocenters. The van der Waals surface area contributed by atoms with E-state index in [-0.39, 0.29) is 23.7 Å². The monoisotopic (exact) mass is 731 g/mol. The Morgan fingerprint density at radius 1 is 1.06 bits per heavy atom. The predicted octanol–water partition coefficient (Wildman–Crippen LogP) is -0.453. The average Bonchev–Trinajstić information content (AvgIpc) is 3.82. The normalized spacial score (nSPS) is 39.3. The molecule has 0 radical (unpaired) electrons. The number of pyridine rings is 1. The van der Waals surface area contributed by atoms with E-state index in [0.29, 0.717) is 16.9 Å². The molecule has 24 heteroatoms. The van der Waals surface area contributed by atoms with Crippen LogP contribution in [0.5, 0.6) is 0 Å². The van der Waals surface area contributed by atoms with Crippen LogP contribution in [0.3, 0.4) is 0 Å². The number of nitrogens with two attached hydrogens (primary N) is 2. The highest BCUT2D eigenvalue weighted by atomic mass is 32.5. The molecule has 47 heavy (non-hydrogen) atoms. The molecule has 4 aromatic heterocycles. The van der Waals surface area contributed by atoms with E-state index in [0.717, 1.165) is 11.8 Å². The van der Waals surface area contributed by atoms with Gasteiger partial charge < -0.3 is 49.6 Å². The Labute approximate surface area is 272 Å². The summed E-state index contributed by atoms with van der Waals surface area (Å²) in [5.74, 6) is -0.177. The summed E-state index contributed by atoms with van der Waals surface area (Å²) in [5, 5.41) is 9.54. The number of thioether (sulfide) groups is 1. The fraction of sp³-hybridized carbons (Fsp3) is 0.522. The van der Waals surface area contributed by atoms with E-state index in [2.05, 4.69) is 24.9 Å². The molecule has 0 spiro atoms. The van der Waals surface area contributed by atoms with Crippen molar-refractivity contribution in [2.24, 2.45) is 0 Å². The summed E-state index contributed by atoms with van der Waals surface area (Å²) in [6.45, 7) is -5.13. The second kappa shape index (κ2) is 11.2. The first-order valence-corrected chi connectivity index (χ1v) is 19.3. The zero-order chi connectivity index (χ0) is 32.9. The Morgan fingerprint density at radius 3 is 2.68 bits per heavy atom. The zero-order valence-electron chi connectivity index (χ0n) is 23.8. The Kier molecular flexibility index (Phi) is 7.58. The summed E-state index contributed by atoms with van der Waals surface area (Å²) < 4.78 is 51.9. The maximum atomic E-state index is 13.2. The van der Waals surface area contributed by atoms with Gasteiger partial charge in [0.25, 0.3) is 5.56 Å². The van der Waals surface area contributed by atoms with Crippen LogP contribution in [0.25, 0.3) is 22.3 Å². The summed E-state index contributed by atoms with van der Waals surface area (Å²) in [6, 6.07) is 1.60. The van der Waals surface area contributed by atoms with Crippen molar-refractivity contribution >= 4 is 71.8 Å². The van der Waals surface area contributed by atoms with Crippen molar-refractivity contribution in [1.29, 1.82) is 0 Å². The van der Waals surface area contributed by atoms with E-state index in [9.17, 15) is 24.3 Å². The number of anilines is 2. The van der Waals surface area contributed by atoms with Gasteiger partial charge in [-0.2, -0.15) is 4.98 Å². The van der Waals surface area contributed by atoms with Crippen LogP contribution < -0.4 is 17.0 Å². The van der Waals surface area contributed by atoms with E-state index in [4.69, 9.17) is 51.1 Å². The number of aliphatic hydroxyl groups is 1. The third kappa shape index (κ3) is 5.32. The van der Waals surface area contributed by atoms with Crippen molar-refractivity contribution in [3.05, 3.63) is 35.3 Å². The minimum absolute atomic E-state index is 0.0345. The van der Waals surface area contributed by atoms with E-state index in [1.807, 2.05) is 0 Å². The van der Waals surface area contributed by atoms with Gasteiger partial charge in [-0.05, 0) is 17.9 Å². The Hall–Kier alpha value is -2.56. The zero-order valence-corrected chi connectivity index (χ0v) is 27.3. The second-order valence-electron chi connectivity index (χ2n) is 11.4. The lowest BCUT2D eigenvalue weighted by Gasteiger charge is -2.33. The number of H-pyrrole nitrogens is 1. The molecule has 4 bridgehead atoms. The summed E-state index contributed by atoms with van der Waals surface area (Å²) in [7, 11) is -4.43. The van der Waals surface area contributed by atoms with Crippen LogP contribution in [-0.2, 0) is 44.2 Å². The lowest BCUT2D eigenvalue weighted by Crippen LogP contribution is -2.46. The second-order valence-corrected chi connectivity index (χ2v) is 17.3. The van der Waals surface area contributed by atoms with E-state index in [1.54, 1.807) is 10.6 Å². The highest BCUT2D eigenvalue weighted by molar-refractivity contribution is 8.07. The number of rotatable bonds is 2. The highest BCUT2D eigenvalue weighted by Gasteiger charge is 2.64. The molecule has 8 rings (SSSR count).